The Hall–Kier alpha value is 1.39. The molecule has 1 aromatic heterocycles. The van der Waals surface area contributed by atoms with Crippen LogP contribution in [0.2, 0.25) is 5.82 Å². The van der Waals surface area contributed by atoms with E-state index in [9.17, 15) is 9.59 Å². The molecule has 0 fully saturated rings. The van der Waals surface area contributed by atoms with E-state index in [1.807, 2.05) is 0 Å². The fraction of sp³-hybridized carbons (Fsp3) is 0.417. The van der Waals surface area contributed by atoms with Gasteiger partial charge in [-0.15, -0.1) is 0 Å². The smallest absolute Gasteiger partial charge is 0.234 e. The van der Waals surface area contributed by atoms with Gasteiger partial charge >= 0.3 is 0 Å². The fourth-order valence-electron chi connectivity index (χ4n) is 1.47. The maximum atomic E-state index is 12.4. The predicted molar refractivity (Wildman–Crippen MR) is 112 cm³/mol. The molecule has 0 N–H and O–H groups in total. The quantitative estimate of drug-likeness (QED) is 0.229. The van der Waals surface area contributed by atoms with Gasteiger partial charge in [0.15, 0.2) is 7.93 Å². The van der Waals surface area contributed by atoms with Crippen LogP contribution in [0.4, 0.5) is 0 Å². The van der Waals surface area contributed by atoms with E-state index in [4.69, 9.17) is 12.6 Å². The van der Waals surface area contributed by atoms with Gasteiger partial charge in [-0.2, -0.15) is 0 Å². The Morgan fingerprint density at radius 3 is 2.22 bits per heavy atom. The highest BCUT2D eigenvalue weighted by Gasteiger charge is 2.31. The summed E-state index contributed by atoms with van der Waals surface area (Å²) in [6, 6.07) is 2.94. The lowest BCUT2D eigenvalue weighted by atomic mass is 9.84. The molecule has 1 rings (SSSR count). The maximum Gasteiger partial charge on any atom is 0.234 e. The zero-order valence-corrected chi connectivity index (χ0v) is 21.0. The first-order valence-corrected chi connectivity index (χ1v) is 10.7. The van der Waals surface area contributed by atoms with Crippen molar-refractivity contribution < 1.29 is 14.3 Å². The number of carbonyl (C=O) groups is 2. The molecule has 23 heavy (non-hydrogen) atoms. The SMILES string of the molecule is [B]C(C)C(=O)c1cc(C(=O)C(Br)(Br)Br)cc(COC(Br)(Br)Br)n1. The number of carbonyl (C=O) groups excluding carboxylic acids is 2. The molecular formula is C12H8BBr6NO3. The maximum absolute atomic E-state index is 12.4. The molecule has 1 aromatic rings. The number of hydrogen-bond donors (Lipinski definition) is 0. The summed E-state index contributed by atoms with van der Waals surface area (Å²) in [5.74, 6) is -1.43. The van der Waals surface area contributed by atoms with Crippen molar-refractivity contribution in [3.05, 3.63) is 29.1 Å². The Bertz CT molecular complexity index is 612. The molecule has 4 nitrogen and oxygen atoms in total. The minimum absolute atomic E-state index is 0.0436. The van der Waals surface area contributed by atoms with Crippen molar-refractivity contribution in [2.45, 2.75) is 23.8 Å². The number of rotatable bonds is 5. The highest BCUT2D eigenvalue weighted by Crippen LogP contribution is 2.38. The lowest BCUT2D eigenvalue weighted by Gasteiger charge is -2.16. The van der Waals surface area contributed by atoms with Crippen molar-refractivity contribution in [2.75, 3.05) is 0 Å². The van der Waals surface area contributed by atoms with Gasteiger partial charge in [-0.05, 0) is 65.7 Å². The standard InChI is InChI=1S/C12H8BBr6NO3/c1-5(13)9(21)8-3-6(10(22)11(14,15)16)2-7(20-8)4-23-12(17,18)19/h2-3,5H,4H2,1H3. The van der Waals surface area contributed by atoms with Crippen molar-refractivity contribution in [1.29, 1.82) is 0 Å². The summed E-state index contributed by atoms with van der Waals surface area (Å²) in [6.07, 6.45) is 0. The van der Waals surface area contributed by atoms with Gasteiger partial charge in [-0.25, -0.2) is 4.98 Å². The van der Waals surface area contributed by atoms with Crippen LogP contribution in [0.3, 0.4) is 0 Å². The summed E-state index contributed by atoms with van der Waals surface area (Å²) < 4.78 is 3.37. The predicted octanol–water partition coefficient (Wildman–Crippen LogP) is 5.58. The summed E-state index contributed by atoms with van der Waals surface area (Å²) in [7, 11) is 5.62. The van der Waals surface area contributed by atoms with E-state index in [1.165, 1.54) is 12.1 Å². The van der Waals surface area contributed by atoms with Gasteiger partial charge in [0.1, 0.15) is 5.69 Å². The van der Waals surface area contributed by atoms with Crippen molar-refractivity contribution >= 4 is 115 Å². The second kappa shape index (κ2) is 8.86. The number of aromatic nitrogens is 1. The number of ether oxygens (including phenoxy) is 1. The molecule has 0 amide bonds. The lowest BCUT2D eigenvalue weighted by molar-refractivity contribution is 0.0982. The van der Waals surface area contributed by atoms with Crippen LogP contribution in [0.15, 0.2) is 12.1 Å². The second-order valence-corrected chi connectivity index (χ2v) is 17.8. The minimum atomic E-state index is -1.13. The molecule has 0 saturated carbocycles. The number of ketones is 2. The molecule has 0 aliphatic carbocycles. The van der Waals surface area contributed by atoms with E-state index in [2.05, 4.69) is 101 Å². The van der Waals surface area contributed by atoms with Gasteiger partial charge in [0.25, 0.3) is 0 Å². The van der Waals surface area contributed by atoms with Gasteiger partial charge in [0.05, 0.1) is 20.1 Å². The summed E-state index contributed by atoms with van der Waals surface area (Å²) in [4.78, 5) is 28.7. The molecule has 1 atom stereocenters. The van der Waals surface area contributed by atoms with E-state index in [-0.39, 0.29) is 29.4 Å². The van der Waals surface area contributed by atoms with Crippen LogP contribution in [-0.4, -0.2) is 28.9 Å². The molecule has 0 aromatic carbocycles. The number of nitrogens with zero attached hydrogens (tertiary/aromatic N) is 1. The van der Waals surface area contributed by atoms with E-state index < -0.39 is 10.3 Å². The topological polar surface area (TPSA) is 56.3 Å². The Labute approximate surface area is 185 Å². The van der Waals surface area contributed by atoms with Gasteiger partial charge < -0.3 is 4.74 Å². The molecular weight excluding hydrogens is 696 g/mol. The lowest BCUT2D eigenvalue weighted by Crippen LogP contribution is -2.20. The summed E-state index contributed by atoms with van der Waals surface area (Å²) in [6.45, 7) is 1.60. The Kier molecular flexibility index (Phi) is 8.64. The molecule has 0 aliphatic heterocycles. The number of halogens is 6. The van der Waals surface area contributed by atoms with Gasteiger partial charge in [-0.1, -0.05) is 54.7 Å². The minimum Gasteiger partial charge on any atom is -0.339 e. The number of alkyl halides is 6. The number of pyridine rings is 1. The normalized spacial score (nSPS) is 13.7. The Morgan fingerprint density at radius 2 is 1.78 bits per heavy atom. The van der Waals surface area contributed by atoms with E-state index >= 15 is 0 Å². The van der Waals surface area contributed by atoms with Crippen LogP contribution in [-0.2, 0) is 11.3 Å². The third-order valence-corrected chi connectivity index (χ3v) is 4.21. The third kappa shape index (κ3) is 7.66. The first-order valence-electron chi connectivity index (χ1n) is 5.94. The highest BCUT2D eigenvalue weighted by atomic mass is 80.0. The average molecular weight is 704 g/mol. The van der Waals surface area contributed by atoms with Gasteiger partial charge in [0, 0.05) is 5.56 Å². The molecule has 1 heterocycles. The third-order valence-electron chi connectivity index (χ3n) is 2.45. The Morgan fingerprint density at radius 1 is 1.22 bits per heavy atom. The van der Waals surface area contributed by atoms with Gasteiger partial charge in [-0.3, -0.25) is 9.59 Å². The van der Waals surface area contributed by atoms with Crippen LogP contribution >= 0.6 is 95.6 Å². The molecule has 11 heteroatoms. The highest BCUT2D eigenvalue weighted by molar-refractivity contribution is 9.40. The van der Waals surface area contributed by atoms with Crippen LogP contribution in [0, 0.1) is 0 Å². The first kappa shape index (κ1) is 22.4. The first-order chi connectivity index (χ1) is 10.3. The molecule has 124 valence electrons. The van der Waals surface area contributed by atoms with Crippen LogP contribution < -0.4 is 0 Å². The molecule has 0 bridgehead atoms. The van der Waals surface area contributed by atoms with Crippen molar-refractivity contribution in [1.82, 2.24) is 4.98 Å². The number of Topliss-reactive ketones (excluding diaryl/α,β-unsaturated/α-hetero) is 2. The van der Waals surface area contributed by atoms with Crippen molar-refractivity contribution in [3.63, 3.8) is 0 Å². The van der Waals surface area contributed by atoms with Crippen molar-refractivity contribution in [2.24, 2.45) is 0 Å². The van der Waals surface area contributed by atoms with Crippen molar-refractivity contribution in [3.8, 4) is 0 Å². The van der Waals surface area contributed by atoms with Crippen LogP contribution in [0.25, 0.3) is 0 Å². The zero-order valence-electron chi connectivity index (χ0n) is 11.5. The van der Waals surface area contributed by atoms with Crippen LogP contribution in [0.5, 0.6) is 0 Å². The Balaban J connectivity index is 3.27. The number of hydrogen-bond acceptors (Lipinski definition) is 4. The molecule has 1 unspecified atom stereocenters. The summed E-state index contributed by atoms with van der Waals surface area (Å²) >= 11 is 19.1. The molecule has 0 spiro atoms. The average Bonchev–Trinajstić information content (AvgIpc) is 2.41. The second-order valence-electron chi connectivity index (χ2n) is 4.45. The van der Waals surface area contributed by atoms with E-state index in [1.54, 1.807) is 6.92 Å². The zero-order chi connectivity index (χ0) is 18.0. The summed E-state index contributed by atoms with van der Waals surface area (Å²) in [5, 5.41) is 0. The van der Waals surface area contributed by atoms with Crippen LogP contribution in [0.1, 0.15) is 33.5 Å². The summed E-state index contributed by atoms with van der Waals surface area (Å²) in [5.41, 5.74) is 0.780. The van der Waals surface area contributed by atoms with E-state index in [0.29, 0.717) is 5.69 Å². The van der Waals surface area contributed by atoms with Gasteiger partial charge in [0.2, 0.25) is 8.11 Å². The molecule has 2 radical (unpaired) electrons. The molecule has 0 aliphatic rings. The molecule has 0 saturated heterocycles. The van der Waals surface area contributed by atoms with E-state index in [0.717, 1.165) is 0 Å². The fourth-order valence-corrected chi connectivity index (χ4v) is 2.50. The largest absolute Gasteiger partial charge is 0.339 e. The monoisotopic (exact) mass is 699 g/mol.